The Kier molecular flexibility index (Phi) is 8.37. The highest BCUT2D eigenvalue weighted by Crippen LogP contribution is 2.20. The molecule has 0 saturated heterocycles. The molecule has 0 aromatic heterocycles. The van der Waals surface area contributed by atoms with E-state index in [4.69, 9.17) is 16.3 Å². The van der Waals surface area contributed by atoms with Crippen LogP contribution in [0.3, 0.4) is 0 Å². The maximum atomic E-state index is 10.7. The van der Waals surface area contributed by atoms with Gasteiger partial charge in [0.15, 0.2) is 0 Å². The fraction of sp³-hybridized carbons (Fsp3) is 0.500. The smallest absolute Gasteiger partial charge is 0.126 e. The molecule has 0 spiro atoms. The molecule has 5 heteroatoms. The van der Waals surface area contributed by atoms with Gasteiger partial charge >= 0.3 is 0 Å². The number of aromatic hydroxyl groups is 1. The lowest BCUT2D eigenvalue weighted by molar-refractivity contribution is -0.943. The third-order valence-electron chi connectivity index (χ3n) is 5.97. The van der Waals surface area contributed by atoms with Crippen LogP contribution in [-0.2, 0) is 11.3 Å². The quantitative estimate of drug-likeness (QED) is 0.578. The zero-order valence-corrected chi connectivity index (χ0v) is 17.9. The van der Waals surface area contributed by atoms with E-state index in [1.54, 1.807) is 6.07 Å². The molecule has 1 fully saturated rings. The Balaban J connectivity index is 1.58. The highest BCUT2D eigenvalue weighted by Gasteiger charge is 2.28. The molecule has 0 amide bonds. The minimum Gasteiger partial charge on any atom is -0.507 e. The standard InChI is InChI=1S/C24H32ClNO3/c1-18(19-11-13-21(25)14-12-19)29-17-23(27)16-26(22-8-3-2-4-9-22)15-20-7-5-6-10-24(20)28/h5-7,10-14,18,22-23,27-28H,2-4,8-9,15-17H2,1H3/p+1/t18-,23+/m1/s1. The largest absolute Gasteiger partial charge is 0.507 e. The van der Waals surface area contributed by atoms with E-state index in [1.165, 1.54) is 37.0 Å². The highest BCUT2D eigenvalue weighted by atomic mass is 35.5. The maximum absolute atomic E-state index is 10.7. The van der Waals surface area contributed by atoms with Gasteiger partial charge in [-0.25, -0.2) is 0 Å². The van der Waals surface area contributed by atoms with Crippen LogP contribution in [-0.4, -0.2) is 35.5 Å². The Hall–Kier alpha value is -1.59. The van der Waals surface area contributed by atoms with Crippen LogP contribution in [0.25, 0.3) is 0 Å². The second kappa shape index (κ2) is 11.0. The number of benzene rings is 2. The molecule has 1 aliphatic rings. The molecule has 1 unspecified atom stereocenters. The normalized spacial score (nSPS) is 18.3. The molecule has 2 aromatic rings. The lowest BCUT2D eigenvalue weighted by atomic mass is 9.93. The number of quaternary nitrogens is 1. The zero-order chi connectivity index (χ0) is 20.6. The number of hydrogen-bond acceptors (Lipinski definition) is 3. The summed E-state index contributed by atoms with van der Waals surface area (Å²) >= 11 is 5.95. The predicted molar refractivity (Wildman–Crippen MR) is 116 cm³/mol. The fourth-order valence-corrected chi connectivity index (χ4v) is 4.37. The van der Waals surface area contributed by atoms with Crippen molar-refractivity contribution in [1.82, 2.24) is 0 Å². The minimum absolute atomic E-state index is 0.0989. The number of halogens is 1. The van der Waals surface area contributed by atoms with Gasteiger partial charge in [0.1, 0.15) is 24.9 Å². The summed E-state index contributed by atoms with van der Waals surface area (Å²) in [5.41, 5.74) is 1.99. The lowest BCUT2D eigenvalue weighted by Crippen LogP contribution is -3.15. The number of aliphatic hydroxyl groups excluding tert-OH is 1. The molecule has 0 heterocycles. The van der Waals surface area contributed by atoms with Crippen molar-refractivity contribution in [1.29, 1.82) is 0 Å². The molecule has 4 nitrogen and oxygen atoms in total. The number of hydrogen-bond donors (Lipinski definition) is 3. The molecule has 1 saturated carbocycles. The van der Waals surface area contributed by atoms with E-state index >= 15 is 0 Å². The molecule has 2 aromatic carbocycles. The van der Waals surface area contributed by atoms with Gasteiger partial charge in [0.05, 0.1) is 18.8 Å². The van der Waals surface area contributed by atoms with Crippen LogP contribution in [0.5, 0.6) is 5.75 Å². The van der Waals surface area contributed by atoms with Crippen LogP contribution in [0.1, 0.15) is 56.3 Å². The average molecular weight is 419 g/mol. The van der Waals surface area contributed by atoms with Gasteiger partial charge < -0.3 is 19.8 Å². The van der Waals surface area contributed by atoms with E-state index in [2.05, 4.69) is 0 Å². The first-order chi connectivity index (χ1) is 14.0. The number of nitrogens with one attached hydrogen (secondary N) is 1. The molecule has 0 aliphatic heterocycles. The molecule has 3 rings (SSSR count). The van der Waals surface area contributed by atoms with E-state index < -0.39 is 6.10 Å². The Bertz CT molecular complexity index is 746. The summed E-state index contributed by atoms with van der Waals surface area (Å²) in [4.78, 5) is 1.33. The number of phenolic OH excluding ortho intramolecular Hbond substituents is 1. The molecule has 0 radical (unpaired) electrons. The van der Waals surface area contributed by atoms with Crippen LogP contribution < -0.4 is 4.90 Å². The van der Waals surface area contributed by atoms with Crippen LogP contribution in [0.2, 0.25) is 5.02 Å². The van der Waals surface area contributed by atoms with Gasteiger partial charge in [-0.2, -0.15) is 0 Å². The second-order valence-corrected chi connectivity index (χ2v) is 8.62. The van der Waals surface area contributed by atoms with Crippen molar-refractivity contribution in [3.63, 3.8) is 0 Å². The summed E-state index contributed by atoms with van der Waals surface area (Å²) in [5, 5.41) is 21.6. The molecule has 1 aliphatic carbocycles. The van der Waals surface area contributed by atoms with Gasteiger partial charge in [-0.3, -0.25) is 0 Å². The summed E-state index contributed by atoms with van der Waals surface area (Å²) in [7, 11) is 0. The van der Waals surface area contributed by atoms with Crippen molar-refractivity contribution in [2.24, 2.45) is 0 Å². The van der Waals surface area contributed by atoms with Crippen LogP contribution in [0, 0.1) is 0 Å². The van der Waals surface area contributed by atoms with E-state index in [0.29, 0.717) is 30.0 Å². The second-order valence-electron chi connectivity index (χ2n) is 8.18. The van der Waals surface area contributed by atoms with Crippen LogP contribution >= 0.6 is 11.6 Å². The van der Waals surface area contributed by atoms with Gasteiger partial charge in [-0.1, -0.05) is 42.3 Å². The van der Waals surface area contributed by atoms with E-state index in [-0.39, 0.29) is 6.10 Å². The topological polar surface area (TPSA) is 54.1 Å². The zero-order valence-electron chi connectivity index (χ0n) is 17.2. The van der Waals surface area contributed by atoms with Crippen molar-refractivity contribution >= 4 is 11.6 Å². The summed E-state index contributed by atoms with van der Waals surface area (Å²) in [6.07, 6.45) is 5.50. The van der Waals surface area contributed by atoms with Gasteiger partial charge in [-0.05, 0) is 62.4 Å². The predicted octanol–water partition coefficient (Wildman–Crippen LogP) is 3.90. The first-order valence-electron chi connectivity index (χ1n) is 10.7. The van der Waals surface area contributed by atoms with Crippen LogP contribution in [0.15, 0.2) is 48.5 Å². The maximum Gasteiger partial charge on any atom is 0.126 e. The molecule has 29 heavy (non-hydrogen) atoms. The SMILES string of the molecule is C[C@@H](OC[C@@H](O)C[NH+](Cc1ccccc1O)C1CCCCC1)c1ccc(Cl)cc1. The Labute approximate surface area is 179 Å². The number of para-hydroxylation sites is 1. The van der Waals surface area contributed by atoms with E-state index in [0.717, 1.165) is 17.7 Å². The molecule has 0 bridgehead atoms. The first-order valence-corrected chi connectivity index (χ1v) is 11.1. The number of rotatable bonds is 9. The highest BCUT2D eigenvalue weighted by molar-refractivity contribution is 6.30. The Morgan fingerprint density at radius 3 is 2.45 bits per heavy atom. The Morgan fingerprint density at radius 2 is 1.76 bits per heavy atom. The van der Waals surface area contributed by atoms with Gasteiger partial charge in [0.2, 0.25) is 0 Å². The fourth-order valence-electron chi connectivity index (χ4n) is 4.25. The Morgan fingerprint density at radius 1 is 1.07 bits per heavy atom. The van der Waals surface area contributed by atoms with Crippen LogP contribution in [0.4, 0.5) is 0 Å². The van der Waals surface area contributed by atoms with Crippen molar-refractivity contribution in [2.45, 2.75) is 63.8 Å². The van der Waals surface area contributed by atoms with E-state index in [9.17, 15) is 10.2 Å². The number of phenols is 1. The minimum atomic E-state index is -0.549. The van der Waals surface area contributed by atoms with Gasteiger partial charge in [0.25, 0.3) is 0 Å². The molecule has 158 valence electrons. The third-order valence-corrected chi connectivity index (χ3v) is 6.22. The average Bonchev–Trinajstić information content (AvgIpc) is 2.74. The summed E-state index contributed by atoms with van der Waals surface area (Å²) < 4.78 is 5.94. The van der Waals surface area contributed by atoms with Crippen molar-refractivity contribution in [2.75, 3.05) is 13.2 Å². The van der Waals surface area contributed by atoms with Crippen molar-refractivity contribution < 1.29 is 19.8 Å². The lowest BCUT2D eigenvalue weighted by Gasteiger charge is -2.33. The summed E-state index contributed by atoms with van der Waals surface area (Å²) in [6.45, 7) is 3.62. The molecule has 3 N–H and O–H groups in total. The summed E-state index contributed by atoms with van der Waals surface area (Å²) in [6, 6.07) is 15.7. The first kappa shape index (κ1) is 22.1. The number of ether oxygens (including phenoxy) is 1. The third kappa shape index (κ3) is 6.71. The molecular formula is C24H33ClNO3+. The van der Waals surface area contributed by atoms with Crippen molar-refractivity contribution in [3.8, 4) is 5.75 Å². The summed E-state index contributed by atoms with van der Waals surface area (Å²) in [5.74, 6) is 0.336. The molecule has 3 atom stereocenters. The molecular weight excluding hydrogens is 386 g/mol. The van der Waals surface area contributed by atoms with Gasteiger partial charge in [-0.15, -0.1) is 0 Å². The monoisotopic (exact) mass is 418 g/mol. The van der Waals surface area contributed by atoms with E-state index in [1.807, 2.05) is 49.4 Å². The number of aliphatic hydroxyl groups is 1. The van der Waals surface area contributed by atoms with Gasteiger partial charge in [0, 0.05) is 10.6 Å². The van der Waals surface area contributed by atoms with Crippen molar-refractivity contribution in [3.05, 3.63) is 64.7 Å².